The normalized spacial score (nSPS) is 12.3. The molecular weight excluding hydrogens is 242 g/mol. The summed E-state index contributed by atoms with van der Waals surface area (Å²) in [6.45, 7) is 3.56. The minimum absolute atomic E-state index is 0.0385. The van der Waals surface area contributed by atoms with Crippen LogP contribution in [-0.2, 0) is 9.53 Å². The largest absolute Gasteiger partial charge is 0.467 e. The van der Waals surface area contributed by atoms with Crippen molar-refractivity contribution < 1.29 is 18.3 Å². The van der Waals surface area contributed by atoms with Gasteiger partial charge in [0.1, 0.15) is 11.9 Å². The third kappa shape index (κ3) is 3.09. The number of hydrogen-bond donors (Lipinski definition) is 2. The number of hydrogen-bond acceptors (Lipinski definition) is 4. The zero-order valence-electron chi connectivity index (χ0n) is 10.5. The second-order valence-electron chi connectivity index (χ2n) is 4.24. The Morgan fingerprint density at radius 1 is 1.39 bits per heavy atom. The SMILES string of the molecule is COC(=O)C(Nc1cc(F)cc(F)c1N)C(C)C. The van der Waals surface area contributed by atoms with Crippen molar-refractivity contribution in [3.8, 4) is 0 Å². The Hall–Kier alpha value is -1.85. The summed E-state index contributed by atoms with van der Waals surface area (Å²) in [5, 5.41) is 2.70. The minimum atomic E-state index is -0.870. The fourth-order valence-electron chi connectivity index (χ4n) is 1.50. The third-order valence-electron chi connectivity index (χ3n) is 2.53. The molecule has 0 heterocycles. The van der Waals surface area contributed by atoms with Gasteiger partial charge in [0.05, 0.1) is 18.5 Å². The summed E-state index contributed by atoms with van der Waals surface area (Å²) in [5.74, 6) is -2.28. The molecule has 0 bridgehead atoms. The van der Waals surface area contributed by atoms with Gasteiger partial charge < -0.3 is 15.8 Å². The van der Waals surface area contributed by atoms with Gasteiger partial charge >= 0.3 is 5.97 Å². The summed E-state index contributed by atoms with van der Waals surface area (Å²) in [6.07, 6.45) is 0. The molecule has 0 aliphatic heterocycles. The van der Waals surface area contributed by atoms with Gasteiger partial charge in [-0.15, -0.1) is 0 Å². The van der Waals surface area contributed by atoms with Crippen LogP contribution >= 0.6 is 0 Å². The average Bonchev–Trinajstić information content (AvgIpc) is 2.30. The maximum Gasteiger partial charge on any atom is 0.328 e. The van der Waals surface area contributed by atoms with Gasteiger partial charge in [-0.1, -0.05) is 13.8 Å². The highest BCUT2D eigenvalue weighted by Gasteiger charge is 2.24. The lowest BCUT2D eigenvalue weighted by atomic mass is 10.0. The zero-order chi connectivity index (χ0) is 13.9. The van der Waals surface area contributed by atoms with Crippen molar-refractivity contribution in [1.82, 2.24) is 0 Å². The van der Waals surface area contributed by atoms with E-state index in [1.165, 1.54) is 7.11 Å². The first-order valence-corrected chi connectivity index (χ1v) is 5.45. The first-order chi connectivity index (χ1) is 8.36. The van der Waals surface area contributed by atoms with Gasteiger partial charge in [0.2, 0.25) is 0 Å². The molecular formula is C12H16F2N2O2. The van der Waals surface area contributed by atoms with Gasteiger partial charge in [-0.25, -0.2) is 13.6 Å². The highest BCUT2D eigenvalue weighted by Crippen LogP contribution is 2.25. The summed E-state index contributed by atoms with van der Waals surface area (Å²) in [4.78, 5) is 11.5. The highest BCUT2D eigenvalue weighted by molar-refractivity contribution is 5.81. The topological polar surface area (TPSA) is 64.3 Å². The third-order valence-corrected chi connectivity index (χ3v) is 2.53. The van der Waals surface area contributed by atoms with E-state index in [1.807, 2.05) is 0 Å². The molecule has 0 spiro atoms. The molecule has 6 heteroatoms. The number of nitrogens with one attached hydrogen (secondary N) is 1. The molecule has 1 aromatic carbocycles. The lowest BCUT2D eigenvalue weighted by Crippen LogP contribution is -2.35. The molecule has 18 heavy (non-hydrogen) atoms. The van der Waals surface area contributed by atoms with Gasteiger partial charge in [-0.2, -0.15) is 0 Å². The van der Waals surface area contributed by atoms with Crippen molar-refractivity contribution in [2.24, 2.45) is 5.92 Å². The molecule has 0 aliphatic rings. The number of methoxy groups -OCH3 is 1. The van der Waals surface area contributed by atoms with Crippen LogP contribution in [-0.4, -0.2) is 19.1 Å². The predicted octanol–water partition coefficient (Wildman–Crippen LogP) is 2.16. The summed E-state index contributed by atoms with van der Waals surface area (Å²) in [7, 11) is 1.24. The van der Waals surface area contributed by atoms with Crippen LogP contribution in [0.15, 0.2) is 12.1 Å². The number of nitrogens with two attached hydrogens (primary N) is 1. The van der Waals surface area contributed by atoms with E-state index in [9.17, 15) is 13.6 Å². The van der Waals surface area contributed by atoms with Gasteiger partial charge in [0.15, 0.2) is 5.82 Å². The van der Waals surface area contributed by atoms with Crippen molar-refractivity contribution in [2.45, 2.75) is 19.9 Å². The van der Waals surface area contributed by atoms with E-state index >= 15 is 0 Å². The molecule has 1 aromatic rings. The standard InChI is InChI=1S/C12H16F2N2O2/c1-6(2)11(12(17)18-3)16-9-5-7(13)4-8(14)10(9)15/h4-6,11,16H,15H2,1-3H3. The van der Waals surface area contributed by atoms with E-state index < -0.39 is 23.6 Å². The summed E-state index contributed by atoms with van der Waals surface area (Å²) >= 11 is 0. The van der Waals surface area contributed by atoms with Gasteiger partial charge in [0, 0.05) is 6.07 Å². The molecule has 100 valence electrons. The fraction of sp³-hybridized carbons (Fsp3) is 0.417. The Bertz CT molecular complexity index is 450. The van der Waals surface area contributed by atoms with Crippen molar-refractivity contribution in [2.75, 3.05) is 18.2 Å². The van der Waals surface area contributed by atoms with E-state index in [2.05, 4.69) is 10.1 Å². The molecule has 1 atom stereocenters. The van der Waals surface area contributed by atoms with Gasteiger partial charge in [0.25, 0.3) is 0 Å². The minimum Gasteiger partial charge on any atom is -0.467 e. The van der Waals surface area contributed by atoms with Crippen molar-refractivity contribution in [1.29, 1.82) is 0 Å². The number of rotatable bonds is 4. The van der Waals surface area contributed by atoms with E-state index in [1.54, 1.807) is 13.8 Å². The molecule has 0 radical (unpaired) electrons. The van der Waals surface area contributed by atoms with E-state index in [-0.39, 0.29) is 17.3 Å². The molecule has 1 rings (SSSR count). The molecule has 0 aliphatic carbocycles. The van der Waals surface area contributed by atoms with E-state index in [0.717, 1.165) is 6.07 Å². The van der Waals surface area contributed by atoms with Crippen LogP contribution in [0.3, 0.4) is 0 Å². The maximum atomic E-state index is 13.3. The lowest BCUT2D eigenvalue weighted by Gasteiger charge is -2.22. The summed E-state index contributed by atoms with van der Waals surface area (Å²) < 4.78 is 31.0. The average molecular weight is 258 g/mol. The maximum absolute atomic E-state index is 13.3. The van der Waals surface area contributed by atoms with E-state index in [4.69, 9.17) is 5.73 Å². The fourth-order valence-corrected chi connectivity index (χ4v) is 1.50. The quantitative estimate of drug-likeness (QED) is 0.641. The lowest BCUT2D eigenvalue weighted by molar-refractivity contribution is -0.142. The Balaban J connectivity index is 3.04. The molecule has 3 N–H and O–H groups in total. The summed E-state index contributed by atoms with van der Waals surface area (Å²) in [5.41, 5.74) is 5.29. The first-order valence-electron chi connectivity index (χ1n) is 5.45. The number of benzene rings is 1. The smallest absolute Gasteiger partial charge is 0.328 e. The summed E-state index contributed by atoms with van der Waals surface area (Å²) in [6, 6.07) is 0.998. The molecule has 0 amide bonds. The second-order valence-corrected chi connectivity index (χ2v) is 4.24. The number of anilines is 2. The highest BCUT2D eigenvalue weighted by atomic mass is 19.1. The van der Waals surface area contributed by atoms with E-state index in [0.29, 0.717) is 6.07 Å². The van der Waals surface area contributed by atoms with Gasteiger partial charge in [-0.3, -0.25) is 0 Å². The number of nitrogen functional groups attached to an aromatic ring is 1. The number of ether oxygens (including phenoxy) is 1. The second kappa shape index (κ2) is 5.66. The van der Waals surface area contributed by atoms with Crippen LogP contribution in [0.2, 0.25) is 0 Å². The van der Waals surface area contributed by atoms with Crippen LogP contribution in [0.25, 0.3) is 0 Å². The van der Waals surface area contributed by atoms with Crippen molar-refractivity contribution in [3.05, 3.63) is 23.8 Å². The molecule has 0 fully saturated rings. The molecule has 0 saturated carbocycles. The van der Waals surface area contributed by atoms with Gasteiger partial charge in [-0.05, 0) is 12.0 Å². The predicted molar refractivity (Wildman–Crippen MR) is 65.0 cm³/mol. The van der Waals surface area contributed by atoms with Crippen LogP contribution in [0.4, 0.5) is 20.2 Å². The first kappa shape index (κ1) is 14.2. The Morgan fingerprint density at radius 3 is 2.50 bits per heavy atom. The molecule has 4 nitrogen and oxygen atoms in total. The Morgan fingerprint density at radius 2 is 2.00 bits per heavy atom. The number of carbonyl (C=O) groups is 1. The zero-order valence-corrected chi connectivity index (χ0v) is 10.5. The number of carbonyl (C=O) groups excluding carboxylic acids is 1. The molecule has 0 saturated heterocycles. The number of halogens is 2. The van der Waals surface area contributed by atoms with Crippen LogP contribution < -0.4 is 11.1 Å². The Labute approximate surface area is 104 Å². The van der Waals surface area contributed by atoms with Crippen molar-refractivity contribution in [3.63, 3.8) is 0 Å². The van der Waals surface area contributed by atoms with Crippen LogP contribution in [0, 0.1) is 17.6 Å². The van der Waals surface area contributed by atoms with Crippen molar-refractivity contribution >= 4 is 17.3 Å². The van der Waals surface area contributed by atoms with Crippen LogP contribution in [0.1, 0.15) is 13.8 Å². The monoisotopic (exact) mass is 258 g/mol. The Kier molecular flexibility index (Phi) is 4.47. The van der Waals surface area contributed by atoms with Crippen LogP contribution in [0.5, 0.6) is 0 Å². The number of esters is 1. The molecule has 0 aromatic heterocycles. The molecule has 1 unspecified atom stereocenters.